The highest BCUT2D eigenvalue weighted by Crippen LogP contribution is 2.31. The largest absolute Gasteiger partial charge is 0.507 e. The van der Waals surface area contributed by atoms with Crippen molar-refractivity contribution < 1.29 is 18.6 Å². The molecule has 0 unspecified atom stereocenters. The number of phenolic OH excluding ortho intramolecular Hbond substituents is 1. The van der Waals surface area contributed by atoms with Gasteiger partial charge in [0.05, 0.1) is 16.2 Å². The maximum absolute atomic E-state index is 13.1. The van der Waals surface area contributed by atoms with Crippen LogP contribution in [0, 0.1) is 19.8 Å². The number of phenols is 1. The Kier molecular flexibility index (Phi) is 5.12. The van der Waals surface area contributed by atoms with Crippen LogP contribution < -0.4 is 5.56 Å². The number of piperidine rings is 1. The molecule has 0 bridgehead atoms. The van der Waals surface area contributed by atoms with Gasteiger partial charge in [-0.2, -0.15) is 4.31 Å². The van der Waals surface area contributed by atoms with E-state index in [0.717, 1.165) is 0 Å². The predicted octanol–water partition coefficient (Wildman–Crippen LogP) is 0.800. The van der Waals surface area contributed by atoms with Crippen LogP contribution in [0.15, 0.2) is 27.9 Å². The van der Waals surface area contributed by atoms with E-state index in [9.17, 15) is 23.4 Å². The molecule has 1 aromatic carbocycles. The molecule has 0 aliphatic carbocycles. The second kappa shape index (κ2) is 7.49. The highest BCUT2D eigenvalue weighted by atomic mass is 32.2. The maximum atomic E-state index is 13.1. The first-order valence-electron chi connectivity index (χ1n) is 9.63. The molecule has 3 N–H and O–H groups in total. The molecule has 3 aromatic rings. The first-order chi connectivity index (χ1) is 14.2. The monoisotopic (exact) mass is 433 g/mol. The number of benzene rings is 1. The summed E-state index contributed by atoms with van der Waals surface area (Å²) in [4.78, 5) is 19.4. The minimum atomic E-state index is -3.80. The van der Waals surface area contributed by atoms with E-state index in [0.29, 0.717) is 43.0 Å². The Bertz CT molecular complexity index is 1270. The lowest BCUT2D eigenvalue weighted by Gasteiger charge is -2.30. The van der Waals surface area contributed by atoms with Crippen molar-refractivity contribution in [3.05, 3.63) is 40.1 Å². The number of aliphatic hydroxyl groups is 1. The summed E-state index contributed by atoms with van der Waals surface area (Å²) in [5, 5.41) is 24.0. The predicted molar refractivity (Wildman–Crippen MR) is 109 cm³/mol. The lowest BCUT2D eigenvalue weighted by Crippen LogP contribution is -2.39. The van der Waals surface area contributed by atoms with Gasteiger partial charge in [-0.25, -0.2) is 17.9 Å². The quantitative estimate of drug-likeness (QED) is 0.553. The number of aromatic hydroxyl groups is 1. The number of aromatic amines is 1. The van der Waals surface area contributed by atoms with Gasteiger partial charge in [-0.1, -0.05) is 0 Å². The van der Waals surface area contributed by atoms with Crippen LogP contribution >= 0.6 is 0 Å². The molecule has 0 radical (unpaired) electrons. The summed E-state index contributed by atoms with van der Waals surface area (Å²) in [6.07, 6.45) is 1.18. The Balaban J connectivity index is 1.77. The number of aliphatic hydroxyl groups excluding tert-OH is 1. The molecule has 10 nitrogen and oxygen atoms in total. The van der Waals surface area contributed by atoms with E-state index in [1.807, 2.05) is 0 Å². The molecule has 160 valence electrons. The van der Waals surface area contributed by atoms with Gasteiger partial charge in [0, 0.05) is 19.7 Å². The van der Waals surface area contributed by atoms with E-state index >= 15 is 0 Å². The smallest absolute Gasteiger partial charge is 0.277 e. The van der Waals surface area contributed by atoms with E-state index < -0.39 is 15.6 Å². The van der Waals surface area contributed by atoms with Gasteiger partial charge in [0.2, 0.25) is 10.0 Å². The summed E-state index contributed by atoms with van der Waals surface area (Å²) in [5.74, 6) is 0.450. The van der Waals surface area contributed by atoms with Gasteiger partial charge in [-0.15, -0.1) is 5.10 Å². The fraction of sp³-hybridized carbons (Fsp3) is 0.421. The van der Waals surface area contributed by atoms with Gasteiger partial charge in [0.15, 0.2) is 11.3 Å². The fourth-order valence-electron chi connectivity index (χ4n) is 3.80. The number of rotatable bonds is 4. The molecule has 1 aliphatic rings. The highest BCUT2D eigenvalue weighted by molar-refractivity contribution is 7.89. The van der Waals surface area contributed by atoms with Gasteiger partial charge in [0.1, 0.15) is 11.6 Å². The standard InChI is InChI=1S/C19H23N5O5S/c1-11-17-19(27)21-18(22-24(17)12(2)20-11)15-9-14(3-4-16(15)26)30(28,29)23-7-5-13(10-25)6-8-23/h3-4,9,13,25-26H,5-8,10H2,1-2H3,(H,21,22,27). The number of sulfonamides is 1. The Morgan fingerprint density at radius 3 is 2.60 bits per heavy atom. The van der Waals surface area contributed by atoms with Crippen molar-refractivity contribution in [2.75, 3.05) is 19.7 Å². The summed E-state index contributed by atoms with van der Waals surface area (Å²) in [6.45, 7) is 4.08. The zero-order valence-corrected chi connectivity index (χ0v) is 17.5. The summed E-state index contributed by atoms with van der Waals surface area (Å²) < 4.78 is 28.9. The molecule has 2 aromatic heterocycles. The molecule has 30 heavy (non-hydrogen) atoms. The SMILES string of the molecule is Cc1nc(C)n2nc(-c3cc(S(=O)(=O)N4CCC(CO)CC4)ccc3O)[nH]c(=O)c12. The summed E-state index contributed by atoms with van der Waals surface area (Å²) in [7, 11) is -3.80. The Morgan fingerprint density at radius 2 is 1.93 bits per heavy atom. The van der Waals surface area contributed by atoms with E-state index in [4.69, 9.17) is 0 Å². The van der Waals surface area contributed by atoms with Gasteiger partial charge in [-0.3, -0.25) is 4.79 Å². The van der Waals surface area contributed by atoms with E-state index in [1.165, 1.54) is 27.0 Å². The van der Waals surface area contributed by atoms with Gasteiger partial charge in [0.25, 0.3) is 5.56 Å². The number of nitrogens with one attached hydrogen (secondary N) is 1. The number of hydrogen-bond donors (Lipinski definition) is 3. The number of H-pyrrole nitrogens is 1. The van der Waals surface area contributed by atoms with E-state index in [2.05, 4.69) is 15.1 Å². The third kappa shape index (κ3) is 3.38. The summed E-state index contributed by atoms with van der Waals surface area (Å²) >= 11 is 0. The average Bonchev–Trinajstić information content (AvgIpc) is 3.02. The second-order valence-electron chi connectivity index (χ2n) is 7.52. The molecule has 11 heteroatoms. The van der Waals surface area contributed by atoms with Crippen LogP contribution in [-0.2, 0) is 10.0 Å². The second-order valence-corrected chi connectivity index (χ2v) is 9.45. The topological polar surface area (TPSA) is 141 Å². The molecule has 0 spiro atoms. The van der Waals surface area contributed by atoms with Crippen LogP contribution in [0.25, 0.3) is 16.9 Å². The Hall–Kier alpha value is -2.76. The highest BCUT2D eigenvalue weighted by Gasteiger charge is 2.30. The van der Waals surface area contributed by atoms with Gasteiger partial charge in [-0.05, 0) is 50.8 Å². The number of aryl methyl sites for hydroxylation is 2. The van der Waals surface area contributed by atoms with Crippen LogP contribution in [-0.4, -0.2) is 62.2 Å². The molecule has 1 saturated heterocycles. The van der Waals surface area contributed by atoms with Crippen LogP contribution in [0.2, 0.25) is 0 Å². The van der Waals surface area contributed by atoms with Gasteiger partial charge >= 0.3 is 0 Å². The zero-order chi connectivity index (χ0) is 21.6. The average molecular weight is 433 g/mol. The summed E-state index contributed by atoms with van der Waals surface area (Å²) in [5.41, 5.74) is 0.494. The van der Waals surface area contributed by atoms with Crippen molar-refractivity contribution in [2.45, 2.75) is 31.6 Å². The first kappa shape index (κ1) is 20.5. The minimum Gasteiger partial charge on any atom is -0.507 e. The van der Waals surface area contributed by atoms with Crippen molar-refractivity contribution in [2.24, 2.45) is 5.92 Å². The molecule has 0 amide bonds. The van der Waals surface area contributed by atoms with Crippen LogP contribution in [0.5, 0.6) is 5.75 Å². The third-order valence-corrected chi connectivity index (χ3v) is 7.42. The van der Waals surface area contributed by atoms with Gasteiger partial charge < -0.3 is 15.2 Å². The fourth-order valence-corrected chi connectivity index (χ4v) is 5.30. The normalized spacial score (nSPS) is 16.4. The molecule has 1 fully saturated rings. The van der Waals surface area contributed by atoms with E-state index in [1.54, 1.807) is 13.8 Å². The first-order valence-corrected chi connectivity index (χ1v) is 11.1. The molecule has 3 heterocycles. The van der Waals surface area contributed by atoms with Crippen LogP contribution in [0.3, 0.4) is 0 Å². The Labute approximate surface area is 172 Å². The summed E-state index contributed by atoms with van der Waals surface area (Å²) in [6, 6.07) is 3.92. The number of imidazole rings is 1. The molecular weight excluding hydrogens is 410 g/mol. The molecule has 0 atom stereocenters. The van der Waals surface area contributed by atoms with E-state index in [-0.39, 0.29) is 34.6 Å². The number of aromatic nitrogens is 4. The number of nitrogens with zero attached hydrogens (tertiary/aromatic N) is 4. The number of hydrogen-bond acceptors (Lipinski definition) is 7. The maximum Gasteiger partial charge on any atom is 0.277 e. The minimum absolute atomic E-state index is 0.000900. The molecule has 4 rings (SSSR count). The Morgan fingerprint density at radius 1 is 1.23 bits per heavy atom. The lowest BCUT2D eigenvalue weighted by molar-refractivity contribution is 0.170. The van der Waals surface area contributed by atoms with Crippen molar-refractivity contribution in [1.82, 2.24) is 23.9 Å². The van der Waals surface area contributed by atoms with Crippen molar-refractivity contribution in [1.29, 1.82) is 0 Å². The van der Waals surface area contributed by atoms with Crippen LogP contribution in [0.1, 0.15) is 24.4 Å². The molecular formula is C19H23N5O5S. The molecule has 0 saturated carbocycles. The lowest BCUT2D eigenvalue weighted by atomic mass is 10.00. The van der Waals surface area contributed by atoms with Crippen molar-refractivity contribution in [3.8, 4) is 17.1 Å². The van der Waals surface area contributed by atoms with Crippen molar-refractivity contribution >= 4 is 15.5 Å². The van der Waals surface area contributed by atoms with Crippen molar-refractivity contribution in [3.63, 3.8) is 0 Å². The third-order valence-electron chi connectivity index (χ3n) is 5.53. The molecule has 1 aliphatic heterocycles. The number of fused-ring (bicyclic) bond motifs is 1. The van der Waals surface area contributed by atoms with Crippen LogP contribution in [0.4, 0.5) is 0 Å². The zero-order valence-electron chi connectivity index (χ0n) is 16.7.